The Hall–Kier alpha value is -2.39. The van der Waals surface area contributed by atoms with E-state index in [1.807, 2.05) is 12.1 Å². The van der Waals surface area contributed by atoms with Crippen LogP contribution in [0, 0.1) is 17.7 Å². The standard InChI is InChI=1S/C24H23Cl2FN4O3/c25-16-1-2-17(22(27)21(16)26)31-24-15-6-19(34-23-12-5-13(23)9-28-8-12)20(7-18(15)29-11-30-24)33-14-3-4-32-10-14/h1-2,6-7,11-14,23,28H,3-5,8-10H2,(H,29,30,31)/t12-,13+,14-,23?/m1/s1. The number of ether oxygens (including phenoxy) is 3. The van der Waals surface area contributed by atoms with Crippen molar-refractivity contribution >= 4 is 45.6 Å². The normalized spacial score (nSPS) is 25.7. The first kappa shape index (κ1) is 22.1. The summed E-state index contributed by atoms with van der Waals surface area (Å²) in [6.45, 7) is 3.13. The number of fused-ring (bicyclic) bond motifs is 3. The van der Waals surface area contributed by atoms with Crippen LogP contribution in [0.4, 0.5) is 15.9 Å². The lowest BCUT2D eigenvalue weighted by Crippen LogP contribution is -2.59. The number of hydrogen-bond acceptors (Lipinski definition) is 7. The molecule has 10 heteroatoms. The molecule has 178 valence electrons. The second-order valence-corrected chi connectivity index (χ2v) is 9.77. The van der Waals surface area contributed by atoms with Crippen molar-refractivity contribution < 1.29 is 18.6 Å². The zero-order valence-electron chi connectivity index (χ0n) is 18.2. The fourth-order valence-electron chi connectivity index (χ4n) is 4.92. The third-order valence-corrected chi connectivity index (χ3v) is 7.56. The fourth-order valence-corrected chi connectivity index (χ4v) is 5.23. The van der Waals surface area contributed by atoms with Crippen LogP contribution in [-0.4, -0.2) is 48.5 Å². The Morgan fingerprint density at radius 3 is 2.68 bits per heavy atom. The summed E-state index contributed by atoms with van der Waals surface area (Å²) in [5.41, 5.74) is 0.814. The number of aromatic nitrogens is 2. The molecule has 0 radical (unpaired) electrons. The van der Waals surface area contributed by atoms with Gasteiger partial charge in [-0.25, -0.2) is 14.4 Å². The smallest absolute Gasteiger partial charge is 0.166 e. The summed E-state index contributed by atoms with van der Waals surface area (Å²) in [6, 6.07) is 6.79. The summed E-state index contributed by atoms with van der Waals surface area (Å²) in [4.78, 5) is 8.76. The summed E-state index contributed by atoms with van der Waals surface area (Å²) in [7, 11) is 0. The van der Waals surface area contributed by atoms with Gasteiger partial charge < -0.3 is 24.8 Å². The molecular formula is C24H23Cl2FN4O3. The number of hydrogen-bond donors (Lipinski definition) is 2. The van der Waals surface area contributed by atoms with Crippen LogP contribution in [0.3, 0.4) is 0 Å². The number of benzene rings is 2. The minimum absolute atomic E-state index is 0.0351. The van der Waals surface area contributed by atoms with Gasteiger partial charge in [0.2, 0.25) is 0 Å². The summed E-state index contributed by atoms with van der Waals surface area (Å²) in [5.74, 6) is 2.01. The van der Waals surface area contributed by atoms with Crippen molar-refractivity contribution in [2.45, 2.75) is 25.0 Å². The van der Waals surface area contributed by atoms with Crippen molar-refractivity contribution in [1.82, 2.24) is 15.3 Å². The van der Waals surface area contributed by atoms with E-state index in [0.717, 1.165) is 19.5 Å². The van der Waals surface area contributed by atoms with Crippen LogP contribution in [-0.2, 0) is 4.74 Å². The highest BCUT2D eigenvalue weighted by Gasteiger charge is 2.46. The molecule has 1 aliphatic carbocycles. The van der Waals surface area contributed by atoms with Gasteiger partial charge in [0.15, 0.2) is 17.3 Å². The molecule has 34 heavy (non-hydrogen) atoms. The van der Waals surface area contributed by atoms with Gasteiger partial charge in [-0.2, -0.15) is 0 Å². The van der Waals surface area contributed by atoms with Crippen LogP contribution in [0.15, 0.2) is 30.6 Å². The molecule has 2 N–H and O–H groups in total. The molecule has 1 saturated carbocycles. The minimum Gasteiger partial charge on any atom is -0.486 e. The number of halogens is 3. The molecule has 2 saturated heterocycles. The molecule has 2 aromatic carbocycles. The Labute approximate surface area is 205 Å². The summed E-state index contributed by atoms with van der Waals surface area (Å²) < 4.78 is 33.0. The van der Waals surface area contributed by atoms with Gasteiger partial charge in [0.05, 0.1) is 34.5 Å². The molecule has 2 aliphatic heterocycles. The highest BCUT2D eigenvalue weighted by Crippen LogP contribution is 2.44. The number of rotatable bonds is 6. The van der Waals surface area contributed by atoms with Crippen molar-refractivity contribution in [3.05, 3.63) is 46.5 Å². The molecule has 3 fully saturated rings. The van der Waals surface area contributed by atoms with E-state index in [4.69, 9.17) is 37.4 Å². The van der Waals surface area contributed by atoms with E-state index in [-0.39, 0.29) is 27.9 Å². The SMILES string of the molecule is Fc1c(Nc2ncnc3cc(O[C@@H]4CCOC4)c(OC4[C@@H]5CNC[C@H]4C5)cc23)ccc(Cl)c1Cl. The average Bonchev–Trinajstić information content (AvgIpc) is 3.36. The largest absolute Gasteiger partial charge is 0.486 e. The van der Waals surface area contributed by atoms with Gasteiger partial charge in [-0.3, -0.25) is 0 Å². The second-order valence-electron chi connectivity index (χ2n) is 8.99. The molecule has 7 nitrogen and oxygen atoms in total. The van der Waals surface area contributed by atoms with Gasteiger partial charge in [-0.05, 0) is 24.6 Å². The summed E-state index contributed by atoms with van der Waals surface area (Å²) in [6.07, 6.45) is 3.51. The summed E-state index contributed by atoms with van der Waals surface area (Å²) in [5, 5.41) is 7.15. The van der Waals surface area contributed by atoms with Crippen LogP contribution >= 0.6 is 23.2 Å². The minimum atomic E-state index is -0.645. The monoisotopic (exact) mass is 504 g/mol. The van der Waals surface area contributed by atoms with Crippen LogP contribution in [0.5, 0.6) is 11.5 Å². The van der Waals surface area contributed by atoms with Crippen molar-refractivity contribution in [1.29, 1.82) is 0 Å². The molecule has 0 spiro atoms. The topological polar surface area (TPSA) is 77.5 Å². The van der Waals surface area contributed by atoms with E-state index >= 15 is 0 Å². The summed E-state index contributed by atoms with van der Waals surface area (Å²) >= 11 is 11.9. The number of anilines is 2. The molecule has 0 amide bonds. The first-order valence-corrected chi connectivity index (χ1v) is 12.1. The van der Waals surface area contributed by atoms with Crippen molar-refractivity contribution in [2.75, 3.05) is 31.6 Å². The number of piperidine rings is 2. The molecular weight excluding hydrogens is 482 g/mol. The zero-order chi connectivity index (χ0) is 23.2. The molecule has 3 aromatic rings. The van der Waals surface area contributed by atoms with E-state index in [1.165, 1.54) is 24.9 Å². The highest BCUT2D eigenvalue weighted by atomic mass is 35.5. The molecule has 1 aromatic heterocycles. The van der Waals surface area contributed by atoms with Crippen molar-refractivity contribution in [3.63, 3.8) is 0 Å². The maximum atomic E-state index is 14.7. The van der Waals surface area contributed by atoms with E-state index in [9.17, 15) is 4.39 Å². The fraction of sp³-hybridized carbons (Fsp3) is 0.417. The lowest BCUT2D eigenvalue weighted by Gasteiger charge is -2.49. The molecule has 6 rings (SSSR count). The molecule has 1 unspecified atom stereocenters. The molecule has 3 heterocycles. The van der Waals surface area contributed by atoms with E-state index < -0.39 is 5.82 Å². The first-order valence-electron chi connectivity index (χ1n) is 11.4. The maximum Gasteiger partial charge on any atom is 0.166 e. The number of nitrogens with one attached hydrogen (secondary N) is 2. The predicted molar refractivity (Wildman–Crippen MR) is 128 cm³/mol. The van der Waals surface area contributed by atoms with Crippen molar-refractivity contribution in [2.24, 2.45) is 11.8 Å². The Kier molecular flexibility index (Phi) is 5.85. The zero-order valence-corrected chi connectivity index (χ0v) is 19.7. The van der Waals surface area contributed by atoms with E-state index in [0.29, 0.717) is 53.3 Å². The quantitative estimate of drug-likeness (QED) is 0.458. The van der Waals surface area contributed by atoms with E-state index in [2.05, 4.69) is 20.6 Å². The molecule has 3 aliphatic rings. The average molecular weight is 505 g/mol. The van der Waals surface area contributed by atoms with Gasteiger partial charge in [0, 0.05) is 42.8 Å². The Bertz CT molecular complexity index is 1230. The van der Waals surface area contributed by atoms with Gasteiger partial charge >= 0.3 is 0 Å². The lowest BCUT2D eigenvalue weighted by atomic mass is 9.69. The molecule has 2 bridgehead atoms. The van der Waals surface area contributed by atoms with Crippen LogP contribution in [0.2, 0.25) is 10.0 Å². The second kappa shape index (κ2) is 9.00. The van der Waals surface area contributed by atoms with Gasteiger partial charge in [0.25, 0.3) is 0 Å². The Morgan fingerprint density at radius 1 is 1.09 bits per heavy atom. The number of nitrogens with zero attached hydrogens (tertiary/aromatic N) is 2. The predicted octanol–water partition coefficient (Wildman–Crippen LogP) is 4.97. The third-order valence-electron chi connectivity index (χ3n) is 6.78. The van der Waals surface area contributed by atoms with Crippen molar-refractivity contribution in [3.8, 4) is 11.5 Å². The van der Waals surface area contributed by atoms with E-state index in [1.54, 1.807) is 0 Å². The van der Waals surface area contributed by atoms with Gasteiger partial charge in [-0.1, -0.05) is 23.2 Å². The van der Waals surface area contributed by atoms with Crippen LogP contribution < -0.4 is 20.1 Å². The van der Waals surface area contributed by atoms with Crippen LogP contribution in [0.1, 0.15) is 12.8 Å². The van der Waals surface area contributed by atoms with Gasteiger partial charge in [-0.15, -0.1) is 0 Å². The maximum absolute atomic E-state index is 14.7. The van der Waals surface area contributed by atoms with Gasteiger partial charge in [0.1, 0.15) is 24.4 Å². The van der Waals surface area contributed by atoms with Crippen LogP contribution in [0.25, 0.3) is 10.9 Å². The highest BCUT2D eigenvalue weighted by molar-refractivity contribution is 6.42. The third kappa shape index (κ3) is 4.02. The molecule has 4 atom stereocenters. The Morgan fingerprint density at radius 2 is 1.91 bits per heavy atom. The first-order chi connectivity index (χ1) is 16.6. The lowest BCUT2D eigenvalue weighted by molar-refractivity contribution is -0.0463. The Balaban J connectivity index is 1.38.